The number of aryl methyl sites for hydroxylation is 1. The van der Waals surface area contributed by atoms with Crippen LogP contribution in [-0.2, 0) is 11.8 Å². The number of anilines is 3. The molecule has 0 amide bonds. The highest BCUT2D eigenvalue weighted by molar-refractivity contribution is 6.11. The van der Waals surface area contributed by atoms with Crippen molar-refractivity contribution in [2.75, 3.05) is 4.90 Å². The molecule has 276 valence electrons. The van der Waals surface area contributed by atoms with Crippen LogP contribution in [0.5, 0.6) is 0 Å². The zero-order valence-electron chi connectivity index (χ0n) is 32.1. The highest BCUT2D eigenvalue weighted by atomic mass is 16.3. The van der Waals surface area contributed by atoms with E-state index in [9.17, 15) is 0 Å². The van der Waals surface area contributed by atoms with Crippen molar-refractivity contribution in [3.8, 4) is 16.8 Å². The van der Waals surface area contributed by atoms with Crippen LogP contribution in [0.4, 0.5) is 17.1 Å². The quantitative estimate of drug-likeness (QED) is 0.169. The lowest BCUT2D eigenvalue weighted by Crippen LogP contribution is -2.35. The summed E-state index contributed by atoms with van der Waals surface area (Å²) in [6.45, 7) is 0. The Kier molecular flexibility index (Phi) is 7.40. The number of allylic oxidation sites excluding steroid dienone is 5. The first-order valence-electron chi connectivity index (χ1n) is 20.5. The maximum atomic E-state index is 6.59. The van der Waals surface area contributed by atoms with Gasteiger partial charge in [-0.25, -0.2) is 0 Å². The van der Waals surface area contributed by atoms with Crippen LogP contribution < -0.4 is 4.90 Å². The molecule has 0 spiro atoms. The van der Waals surface area contributed by atoms with Gasteiger partial charge in [0, 0.05) is 50.5 Å². The van der Waals surface area contributed by atoms with Crippen LogP contribution in [-0.4, -0.2) is 4.57 Å². The average molecular weight is 745 g/mol. The van der Waals surface area contributed by atoms with Gasteiger partial charge in [-0.05, 0) is 120 Å². The molecule has 2 aromatic heterocycles. The van der Waals surface area contributed by atoms with Crippen molar-refractivity contribution in [3.63, 3.8) is 0 Å². The average Bonchev–Trinajstić information content (AvgIpc) is 3.93. The molecule has 0 aliphatic heterocycles. The molecule has 9 aromatic rings. The van der Waals surface area contributed by atoms with Crippen molar-refractivity contribution in [2.45, 2.75) is 24.7 Å². The third-order valence-electron chi connectivity index (χ3n) is 12.9. The summed E-state index contributed by atoms with van der Waals surface area (Å²) in [7, 11) is 0. The Balaban J connectivity index is 1.12. The van der Waals surface area contributed by atoms with Gasteiger partial charge in [0.1, 0.15) is 11.3 Å². The van der Waals surface area contributed by atoms with Crippen molar-refractivity contribution in [3.05, 3.63) is 222 Å². The topological polar surface area (TPSA) is 21.3 Å². The monoisotopic (exact) mass is 744 g/mol. The van der Waals surface area contributed by atoms with E-state index in [0.29, 0.717) is 0 Å². The molecule has 0 radical (unpaired) electrons. The highest BCUT2D eigenvalue weighted by Crippen LogP contribution is 2.59. The first kappa shape index (κ1) is 33.1. The summed E-state index contributed by atoms with van der Waals surface area (Å²) in [6.07, 6.45) is 16.6. The van der Waals surface area contributed by atoms with Crippen molar-refractivity contribution in [1.29, 1.82) is 0 Å². The number of hydrogen-bond donors (Lipinski definition) is 0. The summed E-state index contributed by atoms with van der Waals surface area (Å²) in [4.78, 5) is 2.44. The third-order valence-corrected chi connectivity index (χ3v) is 12.9. The zero-order chi connectivity index (χ0) is 38.2. The van der Waals surface area contributed by atoms with Gasteiger partial charge in [-0.1, -0.05) is 127 Å². The molecule has 0 bridgehead atoms. The lowest BCUT2D eigenvalue weighted by Gasteiger charge is -2.40. The minimum absolute atomic E-state index is 0.241. The summed E-state index contributed by atoms with van der Waals surface area (Å²) in [5, 5.41) is 3.65. The van der Waals surface area contributed by atoms with Crippen molar-refractivity contribution in [1.82, 2.24) is 4.57 Å². The van der Waals surface area contributed by atoms with Crippen molar-refractivity contribution >= 4 is 55.9 Å². The Morgan fingerprint density at radius 1 is 0.569 bits per heavy atom. The molecule has 0 saturated carbocycles. The summed E-state index contributed by atoms with van der Waals surface area (Å²) in [5.41, 5.74) is 15.3. The van der Waals surface area contributed by atoms with Crippen molar-refractivity contribution < 1.29 is 4.42 Å². The smallest absolute Gasteiger partial charge is 0.137 e. The van der Waals surface area contributed by atoms with Crippen LogP contribution in [0, 0.1) is 5.92 Å². The fraction of sp³-hybridized carbons (Fsp3) is 0.0909. The first-order chi connectivity index (χ1) is 28.8. The summed E-state index contributed by atoms with van der Waals surface area (Å²) in [6, 6.07) is 60.7. The molecule has 2 atom stereocenters. The van der Waals surface area contributed by atoms with E-state index in [4.69, 9.17) is 4.42 Å². The normalized spacial score (nSPS) is 17.8. The first-order valence-corrected chi connectivity index (χ1v) is 20.5. The summed E-state index contributed by atoms with van der Waals surface area (Å²) in [5.74, 6) is 1.22. The molecular weight excluding hydrogens is 705 g/mol. The number of benzene rings is 7. The molecule has 7 aromatic carbocycles. The molecule has 0 N–H and O–H groups in total. The van der Waals surface area contributed by atoms with E-state index in [0.717, 1.165) is 53.4 Å². The van der Waals surface area contributed by atoms with Gasteiger partial charge in [0.25, 0.3) is 0 Å². The van der Waals surface area contributed by atoms with E-state index in [-0.39, 0.29) is 11.3 Å². The van der Waals surface area contributed by atoms with Crippen LogP contribution in [0.25, 0.3) is 55.7 Å². The van der Waals surface area contributed by atoms with E-state index < -0.39 is 0 Å². The van der Waals surface area contributed by atoms with E-state index in [1.807, 2.05) is 0 Å². The zero-order valence-corrected chi connectivity index (χ0v) is 32.1. The number of hydrogen-bond acceptors (Lipinski definition) is 2. The maximum absolute atomic E-state index is 6.59. The fourth-order valence-electron chi connectivity index (χ4n) is 10.5. The van der Waals surface area contributed by atoms with Crippen LogP contribution in [0.2, 0.25) is 0 Å². The number of furan rings is 1. The standard InChI is InChI=1S/C55H40N2O/c1-4-16-37(17-5-1)55(38-18-6-2-7-19-38)49-25-13-10-22-43(49)44-31-28-41(35-50(44)55)56(42-29-32-47-46-24-12-15-27-53(46)58-54(47)36-42)40-30-33-52-48(34-40)45-23-11-14-26-51(45)57(52)39-20-8-3-9-21-39/h1-11,13-18,20-23,25-36,38H,12,19,24H2. The van der Waals surface area contributed by atoms with Crippen LogP contribution >= 0.6 is 0 Å². The second-order valence-corrected chi connectivity index (χ2v) is 15.9. The molecule has 12 rings (SSSR count). The predicted octanol–water partition coefficient (Wildman–Crippen LogP) is 14.4. The SMILES string of the molecule is C1=CCC(C2(c3ccccc3)c3ccccc3-c3ccc(N(c4ccc5c6c(oc5c4)C=CCC6)c4ccc5c(c4)c4ccccc4n5-c4ccccc4)cc32)C=C1. The van der Waals surface area contributed by atoms with E-state index in [1.165, 1.54) is 60.6 Å². The minimum Gasteiger partial charge on any atom is -0.456 e. The summed E-state index contributed by atoms with van der Waals surface area (Å²) < 4.78 is 8.98. The number of nitrogens with zero attached hydrogens (tertiary/aromatic N) is 2. The van der Waals surface area contributed by atoms with Crippen LogP contribution in [0.3, 0.4) is 0 Å². The highest BCUT2D eigenvalue weighted by Gasteiger charge is 2.49. The van der Waals surface area contributed by atoms with Crippen LogP contribution in [0.1, 0.15) is 40.9 Å². The van der Waals surface area contributed by atoms with Gasteiger partial charge in [-0.2, -0.15) is 0 Å². The van der Waals surface area contributed by atoms with Gasteiger partial charge < -0.3 is 13.9 Å². The molecule has 3 heteroatoms. The Morgan fingerprint density at radius 3 is 2.17 bits per heavy atom. The molecule has 0 saturated heterocycles. The van der Waals surface area contributed by atoms with Gasteiger partial charge in [0.2, 0.25) is 0 Å². The second-order valence-electron chi connectivity index (χ2n) is 15.9. The summed E-state index contributed by atoms with van der Waals surface area (Å²) >= 11 is 0. The number of rotatable bonds is 6. The molecule has 58 heavy (non-hydrogen) atoms. The molecule has 3 nitrogen and oxygen atoms in total. The molecule has 3 aliphatic rings. The molecular formula is C55H40N2O. The lowest BCUT2D eigenvalue weighted by molar-refractivity contribution is 0.457. The lowest BCUT2D eigenvalue weighted by atomic mass is 9.62. The Morgan fingerprint density at radius 2 is 1.29 bits per heavy atom. The number of aromatic nitrogens is 1. The predicted molar refractivity (Wildman–Crippen MR) is 241 cm³/mol. The van der Waals surface area contributed by atoms with Gasteiger partial charge in [0.05, 0.1) is 16.4 Å². The Bertz CT molecular complexity index is 3160. The van der Waals surface area contributed by atoms with Crippen LogP contribution in [0.15, 0.2) is 199 Å². The van der Waals surface area contributed by atoms with Crippen molar-refractivity contribution in [2.24, 2.45) is 5.92 Å². The number of para-hydroxylation sites is 2. The second kappa shape index (κ2) is 13.0. The van der Waals surface area contributed by atoms with E-state index in [2.05, 4.69) is 210 Å². The van der Waals surface area contributed by atoms with Gasteiger partial charge in [0.15, 0.2) is 0 Å². The number of fused-ring (bicyclic) bond motifs is 9. The Hall–Kier alpha value is -7.10. The van der Waals surface area contributed by atoms with E-state index >= 15 is 0 Å². The molecule has 2 heterocycles. The largest absolute Gasteiger partial charge is 0.456 e. The fourth-order valence-corrected chi connectivity index (χ4v) is 10.5. The minimum atomic E-state index is -0.375. The van der Waals surface area contributed by atoms with Gasteiger partial charge in [-0.3, -0.25) is 0 Å². The maximum Gasteiger partial charge on any atom is 0.137 e. The molecule has 3 aliphatic carbocycles. The van der Waals surface area contributed by atoms with E-state index in [1.54, 1.807) is 0 Å². The Labute approximate surface area is 338 Å². The third kappa shape index (κ3) is 4.80. The van der Waals surface area contributed by atoms with Gasteiger partial charge >= 0.3 is 0 Å². The molecule has 2 unspecified atom stereocenters. The molecule has 0 fully saturated rings. The van der Waals surface area contributed by atoms with Gasteiger partial charge in [-0.15, -0.1) is 0 Å².